The molecule has 0 bridgehead atoms. The summed E-state index contributed by atoms with van der Waals surface area (Å²) in [5.41, 5.74) is 2.58. The molecule has 0 aliphatic heterocycles. The number of nitrogens with zero attached hydrogens (tertiary/aromatic N) is 2. The molecule has 2 rings (SSSR count). The first-order valence-electron chi connectivity index (χ1n) is 6.25. The van der Waals surface area contributed by atoms with E-state index in [0.717, 1.165) is 17.5 Å². The van der Waals surface area contributed by atoms with Gasteiger partial charge in [-0.2, -0.15) is 5.10 Å². The molecule has 0 unspecified atom stereocenters. The molecule has 0 aliphatic carbocycles. The number of rotatable bonds is 5. The van der Waals surface area contributed by atoms with Crippen LogP contribution in [0.25, 0.3) is 0 Å². The second-order valence-corrected chi connectivity index (χ2v) is 6.55. The molecule has 8 heteroatoms. The number of sulfonamides is 1. The van der Waals surface area contributed by atoms with Crippen molar-refractivity contribution in [3.63, 3.8) is 0 Å². The summed E-state index contributed by atoms with van der Waals surface area (Å²) >= 11 is 0. The van der Waals surface area contributed by atoms with Crippen LogP contribution < -0.4 is 10.0 Å². The molecule has 1 heterocycles. The summed E-state index contributed by atoms with van der Waals surface area (Å²) in [4.78, 5) is 0. The highest BCUT2D eigenvalue weighted by molar-refractivity contribution is 7.92. The predicted molar refractivity (Wildman–Crippen MR) is 80.1 cm³/mol. The Morgan fingerprint density at radius 2 is 2.10 bits per heavy atom. The van der Waals surface area contributed by atoms with Crippen molar-refractivity contribution < 1.29 is 12.8 Å². The molecule has 0 spiro atoms. The molecular formula is C13H17FN4O2S. The van der Waals surface area contributed by atoms with Gasteiger partial charge >= 0.3 is 0 Å². The number of nitrogens with one attached hydrogen (secondary N) is 2. The summed E-state index contributed by atoms with van der Waals surface area (Å²) in [5.74, 6) is -0.622. The maximum absolute atomic E-state index is 13.6. The van der Waals surface area contributed by atoms with Crippen molar-refractivity contribution in [2.45, 2.75) is 13.5 Å². The fourth-order valence-corrected chi connectivity index (χ4v) is 2.38. The molecule has 114 valence electrons. The number of benzene rings is 1. The minimum atomic E-state index is -3.52. The number of hydrogen-bond donors (Lipinski definition) is 2. The lowest BCUT2D eigenvalue weighted by molar-refractivity contribution is 0.604. The summed E-state index contributed by atoms with van der Waals surface area (Å²) in [6.07, 6.45) is 2.73. The van der Waals surface area contributed by atoms with E-state index in [0.29, 0.717) is 12.2 Å². The largest absolute Gasteiger partial charge is 0.381 e. The van der Waals surface area contributed by atoms with Crippen LogP contribution in [0.15, 0.2) is 24.4 Å². The zero-order valence-electron chi connectivity index (χ0n) is 12.0. The SMILES string of the molecule is Cc1c(CNc2ccc(F)c(NS(C)(=O)=O)c2)cnn1C. The van der Waals surface area contributed by atoms with Gasteiger partial charge in [0, 0.05) is 30.5 Å². The minimum absolute atomic E-state index is 0.0783. The summed E-state index contributed by atoms with van der Waals surface area (Å²) in [6, 6.07) is 4.18. The van der Waals surface area contributed by atoms with Crippen LogP contribution in [0.5, 0.6) is 0 Å². The lowest BCUT2D eigenvalue weighted by Gasteiger charge is -2.10. The van der Waals surface area contributed by atoms with Crippen LogP contribution in [0.1, 0.15) is 11.3 Å². The summed E-state index contributed by atoms with van der Waals surface area (Å²) < 4.78 is 39.8. The van der Waals surface area contributed by atoms with E-state index in [2.05, 4.69) is 15.1 Å². The topological polar surface area (TPSA) is 76.0 Å². The molecule has 6 nitrogen and oxygen atoms in total. The first-order chi connectivity index (χ1) is 9.76. The highest BCUT2D eigenvalue weighted by Crippen LogP contribution is 2.21. The van der Waals surface area contributed by atoms with Gasteiger partial charge in [0.25, 0.3) is 0 Å². The van der Waals surface area contributed by atoms with Crippen LogP contribution in [-0.4, -0.2) is 24.5 Å². The van der Waals surface area contributed by atoms with Gasteiger partial charge in [0.15, 0.2) is 0 Å². The Morgan fingerprint density at radius 3 is 2.67 bits per heavy atom. The van der Waals surface area contributed by atoms with Gasteiger partial charge in [0.05, 0.1) is 18.1 Å². The van der Waals surface area contributed by atoms with Crippen molar-refractivity contribution in [1.82, 2.24) is 9.78 Å². The Balaban J connectivity index is 2.14. The number of anilines is 2. The first-order valence-corrected chi connectivity index (χ1v) is 8.14. The van der Waals surface area contributed by atoms with Crippen LogP contribution in [0, 0.1) is 12.7 Å². The van der Waals surface area contributed by atoms with Crippen molar-refractivity contribution in [1.29, 1.82) is 0 Å². The Kier molecular flexibility index (Phi) is 4.17. The lowest BCUT2D eigenvalue weighted by Crippen LogP contribution is -2.11. The monoisotopic (exact) mass is 312 g/mol. The van der Waals surface area contributed by atoms with E-state index in [-0.39, 0.29) is 5.69 Å². The quantitative estimate of drug-likeness (QED) is 0.883. The van der Waals surface area contributed by atoms with E-state index >= 15 is 0 Å². The van der Waals surface area contributed by atoms with Crippen molar-refractivity contribution in [2.75, 3.05) is 16.3 Å². The van der Waals surface area contributed by atoms with Crippen LogP contribution in [0.3, 0.4) is 0 Å². The van der Waals surface area contributed by atoms with E-state index in [9.17, 15) is 12.8 Å². The van der Waals surface area contributed by atoms with Gasteiger partial charge < -0.3 is 5.32 Å². The Labute approximate surface area is 123 Å². The van der Waals surface area contributed by atoms with Crippen LogP contribution in [-0.2, 0) is 23.6 Å². The van der Waals surface area contributed by atoms with Gasteiger partial charge in [-0.3, -0.25) is 9.40 Å². The predicted octanol–water partition coefficient (Wildman–Crippen LogP) is 1.85. The Bertz CT molecular complexity index is 756. The standard InChI is InChI=1S/C13H17FN4O2S/c1-9-10(8-16-18(9)2)7-15-11-4-5-12(14)13(6-11)17-21(3,19)20/h4-6,8,15,17H,7H2,1-3H3. The van der Waals surface area contributed by atoms with E-state index in [1.165, 1.54) is 12.1 Å². The van der Waals surface area contributed by atoms with Crippen molar-refractivity contribution in [3.8, 4) is 0 Å². The maximum atomic E-state index is 13.6. The molecule has 0 saturated carbocycles. The van der Waals surface area contributed by atoms with Gasteiger partial charge in [-0.05, 0) is 25.1 Å². The van der Waals surface area contributed by atoms with Crippen LogP contribution in [0.4, 0.5) is 15.8 Å². The summed E-state index contributed by atoms with van der Waals surface area (Å²) in [7, 11) is -1.67. The van der Waals surface area contributed by atoms with Crippen LogP contribution in [0.2, 0.25) is 0 Å². The summed E-state index contributed by atoms with van der Waals surface area (Å²) in [6.45, 7) is 2.47. The normalized spacial score (nSPS) is 11.4. The average Bonchev–Trinajstić information content (AvgIpc) is 2.69. The maximum Gasteiger partial charge on any atom is 0.229 e. The number of aryl methyl sites for hydroxylation is 1. The molecule has 0 amide bonds. The van der Waals surface area contributed by atoms with Crippen LogP contribution >= 0.6 is 0 Å². The second kappa shape index (κ2) is 5.72. The summed E-state index contributed by atoms with van der Waals surface area (Å²) in [5, 5.41) is 7.25. The zero-order valence-corrected chi connectivity index (χ0v) is 12.8. The van der Waals surface area contributed by atoms with E-state index in [1.54, 1.807) is 16.9 Å². The minimum Gasteiger partial charge on any atom is -0.381 e. The zero-order chi connectivity index (χ0) is 15.6. The van der Waals surface area contributed by atoms with E-state index < -0.39 is 15.8 Å². The highest BCUT2D eigenvalue weighted by atomic mass is 32.2. The van der Waals surface area contributed by atoms with Crippen molar-refractivity contribution in [2.24, 2.45) is 7.05 Å². The molecular weight excluding hydrogens is 295 g/mol. The average molecular weight is 312 g/mol. The first kappa shape index (κ1) is 15.3. The van der Waals surface area contributed by atoms with Gasteiger partial charge in [-0.1, -0.05) is 0 Å². The van der Waals surface area contributed by atoms with E-state index in [4.69, 9.17) is 0 Å². The number of aromatic nitrogens is 2. The molecule has 21 heavy (non-hydrogen) atoms. The van der Waals surface area contributed by atoms with Gasteiger partial charge in [-0.25, -0.2) is 12.8 Å². The molecule has 2 N–H and O–H groups in total. The fraction of sp³-hybridized carbons (Fsp3) is 0.308. The molecule has 0 radical (unpaired) electrons. The number of hydrogen-bond acceptors (Lipinski definition) is 4. The Morgan fingerprint density at radius 1 is 1.38 bits per heavy atom. The smallest absolute Gasteiger partial charge is 0.229 e. The Hall–Kier alpha value is -2.09. The third-order valence-corrected chi connectivity index (χ3v) is 3.67. The second-order valence-electron chi connectivity index (χ2n) is 4.80. The van der Waals surface area contributed by atoms with Crippen molar-refractivity contribution >= 4 is 21.4 Å². The van der Waals surface area contributed by atoms with Crippen molar-refractivity contribution in [3.05, 3.63) is 41.5 Å². The molecule has 0 aliphatic rings. The lowest BCUT2D eigenvalue weighted by atomic mass is 10.2. The third-order valence-electron chi connectivity index (χ3n) is 3.08. The molecule has 1 aromatic heterocycles. The molecule has 0 saturated heterocycles. The van der Waals surface area contributed by atoms with Gasteiger partial charge in [-0.15, -0.1) is 0 Å². The fourth-order valence-electron chi connectivity index (χ4n) is 1.83. The molecule has 0 fully saturated rings. The molecule has 0 atom stereocenters. The van der Waals surface area contributed by atoms with Gasteiger partial charge in [0.1, 0.15) is 5.82 Å². The molecule has 1 aromatic carbocycles. The number of halogens is 1. The van der Waals surface area contributed by atoms with E-state index in [1.807, 2.05) is 14.0 Å². The molecule has 2 aromatic rings. The highest BCUT2D eigenvalue weighted by Gasteiger charge is 2.09. The third kappa shape index (κ3) is 3.94. The van der Waals surface area contributed by atoms with Gasteiger partial charge in [0.2, 0.25) is 10.0 Å².